The fraction of sp³-hybridized carbons (Fsp3) is 0.115. The second-order valence-corrected chi connectivity index (χ2v) is 8.81. The van der Waals surface area contributed by atoms with E-state index in [0.29, 0.717) is 4.53 Å². The highest BCUT2D eigenvalue weighted by Crippen LogP contribution is 2.41. The molecule has 4 nitrogen and oxygen atoms in total. The van der Waals surface area contributed by atoms with Gasteiger partial charge in [-0.05, 0) is 53.3 Å². The van der Waals surface area contributed by atoms with E-state index >= 15 is 0 Å². The first kappa shape index (κ1) is 18.2. The number of aryl methyl sites for hydroxylation is 1. The molecule has 5 heteroatoms. The van der Waals surface area contributed by atoms with Crippen LogP contribution in [0.1, 0.15) is 34.7 Å². The molecule has 0 radical (unpaired) electrons. The molecule has 2 aromatic heterocycles. The van der Waals surface area contributed by atoms with Crippen LogP contribution in [0.4, 0.5) is 0 Å². The Labute approximate surface area is 183 Å². The third-order valence-electron chi connectivity index (χ3n) is 5.99. The fourth-order valence-corrected chi connectivity index (χ4v) is 5.57. The molecule has 150 valence electrons. The summed E-state index contributed by atoms with van der Waals surface area (Å²) in [7, 11) is 0. The molecule has 0 bridgehead atoms. The van der Waals surface area contributed by atoms with Gasteiger partial charge in [-0.2, -0.15) is 0 Å². The zero-order valence-electron chi connectivity index (χ0n) is 16.7. The molecule has 6 rings (SSSR count). The summed E-state index contributed by atoms with van der Waals surface area (Å²) in [5.41, 5.74) is 6.88. The molecule has 0 fully saturated rings. The van der Waals surface area contributed by atoms with Crippen molar-refractivity contribution in [2.75, 3.05) is 0 Å². The molecule has 0 saturated heterocycles. The van der Waals surface area contributed by atoms with Crippen molar-refractivity contribution < 1.29 is 0 Å². The lowest BCUT2D eigenvalue weighted by molar-refractivity contribution is 0.585. The minimum atomic E-state index is -0.125. The highest BCUT2D eigenvalue weighted by atomic mass is 32.1. The molecule has 1 atom stereocenters. The molecule has 0 saturated carbocycles. The number of allylic oxidation sites excluding steroid dienone is 1. The normalized spacial score (nSPS) is 17.5. The van der Waals surface area contributed by atoms with Crippen LogP contribution < -0.4 is 14.9 Å². The smallest absolute Gasteiger partial charge is 0.271 e. The second-order valence-electron chi connectivity index (χ2n) is 7.80. The van der Waals surface area contributed by atoms with Gasteiger partial charge in [-0.1, -0.05) is 65.9 Å². The molecular weight excluding hydrogens is 402 g/mol. The first-order valence-corrected chi connectivity index (χ1v) is 11.2. The van der Waals surface area contributed by atoms with Crippen LogP contribution in [0.3, 0.4) is 0 Å². The average Bonchev–Trinajstić information content (AvgIpc) is 3.13. The lowest BCUT2D eigenvalue weighted by Gasteiger charge is -2.30. The predicted octanol–water partition coefficient (Wildman–Crippen LogP) is 3.71. The van der Waals surface area contributed by atoms with E-state index in [-0.39, 0.29) is 11.6 Å². The van der Waals surface area contributed by atoms with E-state index in [2.05, 4.69) is 41.4 Å². The van der Waals surface area contributed by atoms with Gasteiger partial charge in [-0.3, -0.25) is 14.3 Å². The van der Waals surface area contributed by atoms with Crippen LogP contribution in [0.25, 0.3) is 11.8 Å². The van der Waals surface area contributed by atoms with E-state index in [1.165, 1.54) is 28.0 Å². The summed E-state index contributed by atoms with van der Waals surface area (Å²) in [4.78, 5) is 23.4. The summed E-state index contributed by atoms with van der Waals surface area (Å²) in [6.45, 7) is 0. The molecule has 31 heavy (non-hydrogen) atoms. The van der Waals surface area contributed by atoms with Gasteiger partial charge in [0.15, 0.2) is 4.80 Å². The number of fused-ring (bicyclic) bond motifs is 3. The average molecular weight is 422 g/mol. The van der Waals surface area contributed by atoms with Crippen LogP contribution in [0.2, 0.25) is 0 Å². The molecule has 0 spiro atoms. The van der Waals surface area contributed by atoms with E-state index in [0.717, 1.165) is 34.5 Å². The molecule has 1 aliphatic carbocycles. The highest BCUT2D eigenvalue weighted by molar-refractivity contribution is 7.07. The van der Waals surface area contributed by atoms with Crippen molar-refractivity contribution in [3.05, 3.63) is 127 Å². The molecule has 1 aliphatic heterocycles. The van der Waals surface area contributed by atoms with Gasteiger partial charge in [0, 0.05) is 18.0 Å². The fourth-order valence-electron chi connectivity index (χ4n) is 4.57. The molecule has 0 amide bonds. The standard InChI is InChI=1S/C26H19N3OS/c30-25-22(16-17-12-14-27-15-13-17)31-26-28-23-20-9-5-4-6-18(20)10-11-21(23)24(29(25)26)19-7-2-1-3-8-19/h1-9,12-16,24H,10-11H2/b22-16-/t24-/m1/s1. The van der Waals surface area contributed by atoms with E-state index < -0.39 is 0 Å². The van der Waals surface area contributed by atoms with Crippen LogP contribution >= 0.6 is 11.3 Å². The number of pyridine rings is 1. The Morgan fingerprint density at radius 3 is 2.55 bits per heavy atom. The van der Waals surface area contributed by atoms with Crippen molar-refractivity contribution in [3.63, 3.8) is 0 Å². The van der Waals surface area contributed by atoms with Crippen molar-refractivity contribution in [1.29, 1.82) is 0 Å². The maximum absolute atomic E-state index is 13.6. The van der Waals surface area contributed by atoms with Crippen molar-refractivity contribution in [1.82, 2.24) is 9.55 Å². The van der Waals surface area contributed by atoms with Crippen LogP contribution in [0.5, 0.6) is 0 Å². The summed E-state index contributed by atoms with van der Waals surface area (Å²) < 4.78 is 2.58. The number of aromatic nitrogens is 2. The Morgan fingerprint density at radius 2 is 1.71 bits per heavy atom. The largest absolute Gasteiger partial charge is 0.272 e. The minimum Gasteiger partial charge on any atom is -0.272 e. The summed E-state index contributed by atoms with van der Waals surface area (Å²) in [5.74, 6) is 0. The molecule has 2 aromatic carbocycles. The number of rotatable bonds is 2. The van der Waals surface area contributed by atoms with Gasteiger partial charge in [-0.15, -0.1) is 0 Å². The van der Waals surface area contributed by atoms with Gasteiger partial charge in [0.25, 0.3) is 5.56 Å². The third kappa shape index (κ3) is 3.01. The van der Waals surface area contributed by atoms with E-state index in [4.69, 9.17) is 4.99 Å². The summed E-state index contributed by atoms with van der Waals surface area (Å²) in [6.07, 6.45) is 7.29. The molecule has 0 N–H and O–H groups in total. The lowest BCUT2D eigenvalue weighted by atomic mass is 9.83. The summed E-state index contributed by atoms with van der Waals surface area (Å²) >= 11 is 1.46. The second kappa shape index (κ2) is 7.29. The van der Waals surface area contributed by atoms with Gasteiger partial charge in [-0.25, -0.2) is 4.99 Å². The third-order valence-corrected chi connectivity index (χ3v) is 6.98. The van der Waals surface area contributed by atoms with Crippen molar-refractivity contribution >= 4 is 23.1 Å². The topological polar surface area (TPSA) is 47.2 Å². The van der Waals surface area contributed by atoms with E-state index in [1.54, 1.807) is 12.4 Å². The SMILES string of the molecule is O=c1/c(=C/c2ccncc2)sc2n1[C@H](c1ccccc1)C1=C(N=2)c2ccccc2CC1. The Hall–Kier alpha value is -3.57. The first-order valence-electron chi connectivity index (χ1n) is 10.4. The van der Waals surface area contributed by atoms with Gasteiger partial charge in [0.2, 0.25) is 0 Å². The van der Waals surface area contributed by atoms with E-state index in [1.807, 2.05) is 41.0 Å². The Balaban J connectivity index is 1.65. The zero-order valence-corrected chi connectivity index (χ0v) is 17.5. The van der Waals surface area contributed by atoms with Crippen molar-refractivity contribution in [3.8, 4) is 0 Å². The lowest BCUT2D eigenvalue weighted by Crippen LogP contribution is -2.38. The Kier molecular flexibility index (Phi) is 4.28. The van der Waals surface area contributed by atoms with Gasteiger partial charge in [0.05, 0.1) is 16.3 Å². The van der Waals surface area contributed by atoms with Gasteiger partial charge >= 0.3 is 0 Å². The van der Waals surface area contributed by atoms with E-state index in [9.17, 15) is 4.79 Å². The van der Waals surface area contributed by atoms with Gasteiger partial charge < -0.3 is 0 Å². The molecule has 4 aromatic rings. The summed E-state index contributed by atoms with van der Waals surface area (Å²) in [6, 6.07) is 22.5. The Bertz CT molecular complexity index is 1500. The van der Waals surface area contributed by atoms with Crippen LogP contribution in [0, 0.1) is 0 Å². The first-order chi connectivity index (χ1) is 15.3. The molecule has 0 unspecified atom stereocenters. The predicted molar refractivity (Wildman–Crippen MR) is 123 cm³/mol. The molecular formula is C26H19N3OS. The summed E-state index contributed by atoms with van der Waals surface area (Å²) in [5, 5.41) is 0. The van der Waals surface area contributed by atoms with Gasteiger partial charge in [0.1, 0.15) is 0 Å². The quantitative estimate of drug-likeness (QED) is 0.495. The van der Waals surface area contributed by atoms with Crippen LogP contribution in [-0.4, -0.2) is 9.55 Å². The molecule has 2 aliphatic rings. The highest BCUT2D eigenvalue weighted by Gasteiger charge is 2.32. The number of hydrogen-bond acceptors (Lipinski definition) is 4. The monoisotopic (exact) mass is 421 g/mol. The van der Waals surface area contributed by atoms with Crippen LogP contribution in [0.15, 0.2) is 94.5 Å². The molecule has 3 heterocycles. The minimum absolute atomic E-state index is 0.0137. The zero-order chi connectivity index (χ0) is 20.8. The van der Waals surface area contributed by atoms with Crippen molar-refractivity contribution in [2.45, 2.75) is 18.9 Å². The maximum Gasteiger partial charge on any atom is 0.271 e. The number of benzene rings is 2. The Morgan fingerprint density at radius 1 is 0.935 bits per heavy atom. The number of thiazole rings is 1. The number of nitrogens with zero attached hydrogens (tertiary/aromatic N) is 3. The maximum atomic E-state index is 13.6. The number of hydrogen-bond donors (Lipinski definition) is 0. The van der Waals surface area contributed by atoms with Crippen molar-refractivity contribution in [2.24, 2.45) is 4.99 Å². The van der Waals surface area contributed by atoms with Crippen LogP contribution in [-0.2, 0) is 6.42 Å².